The van der Waals surface area contributed by atoms with E-state index in [0.29, 0.717) is 25.3 Å². The van der Waals surface area contributed by atoms with Gasteiger partial charge in [-0.3, -0.25) is 4.79 Å². The van der Waals surface area contributed by atoms with Crippen LogP contribution in [-0.4, -0.2) is 29.4 Å². The fourth-order valence-electron chi connectivity index (χ4n) is 2.81. The van der Waals surface area contributed by atoms with Crippen LogP contribution in [0.3, 0.4) is 0 Å². The molecule has 2 rings (SSSR count). The average molecular weight is 405 g/mol. The molecule has 0 atom stereocenters. The molecule has 0 heterocycles. The topological polar surface area (TPSA) is 82.4 Å². The number of amides is 1. The normalized spacial score (nSPS) is 11.0. The van der Waals surface area contributed by atoms with Gasteiger partial charge in [0.2, 0.25) is 0 Å². The van der Waals surface area contributed by atoms with Gasteiger partial charge in [-0.15, -0.1) is 0 Å². The summed E-state index contributed by atoms with van der Waals surface area (Å²) in [5.74, 6) is -0.678. The molecule has 0 saturated heterocycles. The number of benzene rings is 2. The van der Waals surface area contributed by atoms with Gasteiger partial charge in [-0.2, -0.15) is 5.26 Å². The Balaban J connectivity index is 2.02. The second-order valence-electron chi connectivity index (χ2n) is 6.98. The Morgan fingerprint density at radius 1 is 1.10 bits per heavy atom. The van der Waals surface area contributed by atoms with E-state index < -0.39 is 0 Å². The first-order chi connectivity index (χ1) is 14.5. The maximum atomic E-state index is 12.9. The molecule has 0 aliphatic heterocycles. The second-order valence-corrected chi connectivity index (χ2v) is 6.98. The fourth-order valence-corrected chi connectivity index (χ4v) is 2.81. The van der Waals surface area contributed by atoms with E-state index in [4.69, 9.17) is 4.74 Å². The summed E-state index contributed by atoms with van der Waals surface area (Å²) in [6.45, 7) is 6.79. The standard InChI is InChI=1S/C24H27N3O3/c1-4-30-24(29)21-12-10-19(11-13-21)15-26-16-22(14-25)23(28)27(18(2)3)17-20-8-6-5-7-9-20/h5-13,16,18,26H,4,15,17H2,1-3H3/b22-16-. The molecule has 2 aromatic rings. The predicted molar refractivity (Wildman–Crippen MR) is 115 cm³/mol. The monoisotopic (exact) mass is 405 g/mol. The maximum Gasteiger partial charge on any atom is 0.338 e. The molecule has 0 bridgehead atoms. The zero-order valence-corrected chi connectivity index (χ0v) is 17.6. The fraction of sp³-hybridized carbons (Fsp3) is 0.292. The molecule has 0 radical (unpaired) electrons. The molecule has 1 N–H and O–H groups in total. The number of hydrogen-bond acceptors (Lipinski definition) is 5. The Morgan fingerprint density at radius 3 is 2.33 bits per heavy atom. The maximum absolute atomic E-state index is 12.9. The van der Waals surface area contributed by atoms with Gasteiger partial charge < -0.3 is 15.0 Å². The number of rotatable bonds is 9. The van der Waals surface area contributed by atoms with Crippen molar-refractivity contribution in [3.05, 3.63) is 83.1 Å². The molecular weight excluding hydrogens is 378 g/mol. The Labute approximate surface area is 177 Å². The minimum absolute atomic E-state index is 0.0442. The van der Waals surface area contributed by atoms with E-state index in [1.165, 1.54) is 6.20 Å². The number of nitrogens with one attached hydrogen (secondary N) is 1. The zero-order valence-electron chi connectivity index (χ0n) is 17.6. The van der Waals surface area contributed by atoms with Crippen molar-refractivity contribution in [3.63, 3.8) is 0 Å². The first-order valence-electron chi connectivity index (χ1n) is 9.90. The van der Waals surface area contributed by atoms with E-state index in [1.807, 2.05) is 50.2 Å². The van der Waals surface area contributed by atoms with Crippen molar-refractivity contribution in [2.24, 2.45) is 0 Å². The Kier molecular flexibility index (Phi) is 8.64. The van der Waals surface area contributed by atoms with Crippen LogP contribution in [0, 0.1) is 11.3 Å². The molecule has 0 unspecified atom stereocenters. The SMILES string of the molecule is CCOC(=O)c1ccc(CN/C=C(/C#N)C(=O)N(Cc2ccccc2)C(C)C)cc1. The van der Waals surface area contributed by atoms with Gasteiger partial charge >= 0.3 is 5.97 Å². The summed E-state index contributed by atoms with van der Waals surface area (Å²) in [5.41, 5.74) is 2.45. The first kappa shape index (κ1) is 22.7. The van der Waals surface area contributed by atoms with Crippen molar-refractivity contribution >= 4 is 11.9 Å². The summed E-state index contributed by atoms with van der Waals surface area (Å²) in [7, 11) is 0. The van der Waals surface area contributed by atoms with Gasteiger partial charge in [-0.05, 0) is 44.0 Å². The first-order valence-corrected chi connectivity index (χ1v) is 9.90. The van der Waals surface area contributed by atoms with E-state index in [9.17, 15) is 14.9 Å². The number of hydrogen-bond donors (Lipinski definition) is 1. The van der Waals surface area contributed by atoms with Gasteiger partial charge in [0, 0.05) is 25.3 Å². The lowest BCUT2D eigenvalue weighted by molar-refractivity contribution is -0.129. The predicted octanol–water partition coefficient (Wildman–Crippen LogP) is 3.80. The van der Waals surface area contributed by atoms with Gasteiger partial charge in [-0.1, -0.05) is 42.5 Å². The van der Waals surface area contributed by atoms with Crippen LogP contribution >= 0.6 is 0 Å². The number of esters is 1. The van der Waals surface area contributed by atoms with Crippen LogP contribution in [-0.2, 0) is 22.6 Å². The molecule has 6 heteroatoms. The molecule has 6 nitrogen and oxygen atoms in total. The molecular formula is C24H27N3O3. The third-order valence-corrected chi connectivity index (χ3v) is 4.45. The van der Waals surface area contributed by atoms with Crippen LogP contribution < -0.4 is 5.32 Å². The molecule has 156 valence electrons. The Bertz CT molecular complexity index is 913. The molecule has 0 aromatic heterocycles. The average Bonchev–Trinajstić information content (AvgIpc) is 2.76. The summed E-state index contributed by atoms with van der Waals surface area (Å²) in [6, 6.07) is 18.6. The lowest BCUT2D eigenvalue weighted by Gasteiger charge is -2.26. The molecule has 2 aromatic carbocycles. The molecule has 0 spiro atoms. The van der Waals surface area contributed by atoms with Gasteiger partial charge in [0.05, 0.1) is 12.2 Å². The van der Waals surface area contributed by atoms with Crippen LogP contribution in [0.5, 0.6) is 0 Å². The highest BCUT2D eigenvalue weighted by Gasteiger charge is 2.21. The molecule has 0 aliphatic carbocycles. The van der Waals surface area contributed by atoms with Crippen LogP contribution in [0.15, 0.2) is 66.4 Å². The Hall–Kier alpha value is -3.59. The van der Waals surface area contributed by atoms with E-state index >= 15 is 0 Å². The van der Waals surface area contributed by atoms with Gasteiger partial charge in [0.1, 0.15) is 11.6 Å². The molecule has 0 fully saturated rings. The lowest BCUT2D eigenvalue weighted by atomic mass is 10.1. The summed E-state index contributed by atoms with van der Waals surface area (Å²) >= 11 is 0. The Morgan fingerprint density at radius 2 is 1.77 bits per heavy atom. The van der Waals surface area contributed by atoms with Gasteiger partial charge in [0.15, 0.2) is 0 Å². The van der Waals surface area contributed by atoms with Crippen LogP contribution in [0.4, 0.5) is 0 Å². The van der Waals surface area contributed by atoms with Gasteiger partial charge in [-0.25, -0.2) is 4.79 Å². The molecule has 0 aliphatic rings. The van der Waals surface area contributed by atoms with E-state index in [-0.39, 0.29) is 23.5 Å². The van der Waals surface area contributed by atoms with Crippen molar-refractivity contribution in [2.45, 2.75) is 39.9 Å². The molecule has 1 amide bonds. The highest BCUT2D eigenvalue weighted by Crippen LogP contribution is 2.12. The summed E-state index contributed by atoms with van der Waals surface area (Å²) < 4.78 is 4.96. The van der Waals surface area contributed by atoms with E-state index in [2.05, 4.69) is 5.32 Å². The van der Waals surface area contributed by atoms with Crippen LogP contribution in [0.25, 0.3) is 0 Å². The largest absolute Gasteiger partial charge is 0.462 e. The second kappa shape index (κ2) is 11.4. The lowest BCUT2D eigenvalue weighted by Crippen LogP contribution is -2.37. The third kappa shape index (κ3) is 6.49. The van der Waals surface area contributed by atoms with E-state index in [1.54, 1.807) is 36.1 Å². The number of carbonyl (C=O) groups excluding carboxylic acids is 2. The number of ether oxygens (including phenoxy) is 1. The summed E-state index contributed by atoms with van der Waals surface area (Å²) in [5, 5.41) is 12.5. The summed E-state index contributed by atoms with van der Waals surface area (Å²) in [4.78, 5) is 26.3. The minimum atomic E-state index is -0.360. The number of nitrogens with zero attached hydrogens (tertiary/aromatic N) is 2. The number of carbonyl (C=O) groups is 2. The quantitative estimate of drug-likeness (QED) is 0.390. The summed E-state index contributed by atoms with van der Waals surface area (Å²) in [6.07, 6.45) is 1.45. The van der Waals surface area contributed by atoms with E-state index in [0.717, 1.165) is 11.1 Å². The zero-order chi connectivity index (χ0) is 21.9. The van der Waals surface area contributed by atoms with Crippen molar-refractivity contribution in [1.29, 1.82) is 5.26 Å². The van der Waals surface area contributed by atoms with Crippen molar-refractivity contribution < 1.29 is 14.3 Å². The molecule has 30 heavy (non-hydrogen) atoms. The smallest absolute Gasteiger partial charge is 0.338 e. The number of nitriles is 1. The highest BCUT2D eigenvalue weighted by molar-refractivity contribution is 5.97. The molecule has 0 saturated carbocycles. The van der Waals surface area contributed by atoms with Crippen LogP contribution in [0.2, 0.25) is 0 Å². The van der Waals surface area contributed by atoms with Crippen molar-refractivity contribution in [2.75, 3.05) is 6.61 Å². The third-order valence-electron chi connectivity index (χ3n) is 4.45. The highest BCUT2D eigenvalue weighted by atomic mass is 16.5. The van der Waals surface area contributed by atoms with Crippen molar-refractivity contribution in [3.8, 4) is 6.07 Å². The van der Waals surface area contributed by atoms with Crippen LogP contribution in [0.1, 0.15) is 42.3 Å². The minimum Gasteiger partial charge on any atom is -0.462 e. The van der Waals surface area contributed by atoms with Crippen molar-refractivity contribution in [1.82, 2.24) is 10.2 Å². The van der Waals surface area contributed by atoms with Gasteiger partial charge in [0.25, 0.3) is 5.91 Å².